The van der Waals surface area contributed by atoms with Gasteiger partial charge >= 0.3 is 5.97 Å². The lowest BCUT2D eigenvalue weighted by atomic mass is 9.90. The molecular weight excluding hydrogens is 690 g/mol. The van der Waals surface area contributed by atoms with Crippen LogP contribution in [-0.4, -0.2) is 105 Å². The molecule has 16 nitrogen and oxygen atoms in total. The average Bonchev–Trinajstić information content (AvgIpc) is 3.15. The summed E-state index contributed by atoms with van der Waals surface area (Å²) in [6.07, 6.45) is -8.37. The lowest BCUT2D eigenvalue weighted by Gasteiger charge is -2.37. The number of amides is 3. The standard InChI is InChI=1S/C37H45N5O11/c38-37(42-28(44)17-18-29(45)52-21-27-31(46)32(47)33(48)36(51)53-27)39-19-7-12-26(34(49)40-20-22-13-15-25(43)16-14-22)41-35(50)30(23-8-3-1-4-9-23)24-10-5-2-6-11-24/h1-6,8-11,13-16,26-27,30-33,36,43,46-48,51H,7,12,17-21H2,(H,40,49)(H,41,50)(H3,38,39,42,44)/t26-,27-,31+,32+,33-,36-/m1/s1. The molecule has 53 heavy (non-hydrogen) atoms. The van der Waals surface area contributed by atoms with Gasteiger partial charge in [0, 0.05) is 19.5 Å². The number of phenols is 1. The summed E-state index contributed by atoms with van der Waals surface area (Å²) in [6.45, 7) is -0.298. The smallest absolute Gasteiger partial charge is 0.306 e. The normalized spacial score (nSPS) is 20.6. The van der Waals surface area contributed by atoms with E-state index < -0.39 is 67.1 Å². The van der Waals surface area contributed by atoms with E-state index in [-0.39, 0.29) is 56.4 Å². The zero-order valence-corrected chi connectivity index (χ0v) is 28.8. The second kappa shape index (κ2) is 20.0. The summed E-state index contributed by atoms with van der Waals surface area (Å²) in [6, 6.07) is 23.8. The van der Waals surface area contributed by atoms with E-state index >= 15 is 0 Å². The third kappa shape index (κ3) is 12.4. The van der Waals surface area contributed by atoms with Crippen LogP contribution in [0.4, 0.5) is 0 Å². The Morgan fingerprint density at radius 2 is 1.43 bits per heavy atom. The second-order valence-corrected chi connectivity index (χ2v) is 12.4. The Labute approximate surface area is 305 Å². The number of aliphatic hydroxyl groups excluding tert-OH is 4. The van der Waals surface area contributed by atoms with Gasteiger partial charge in [0.2, 0.25) is 17.7 Å². The van der Waals surface area contributed by atoms with Gasteiger partial charge in [-0.05, 0) is 41.7 Å². The van der Waals surface area contributed by atoms with Gasteiger partial charge in [0.05, 0.1) is 12.3 Å². The van der Waals surface area contributed by atoms with Crippen LogP contribution < -0.4 is 21.7 Å². The molecule has 0 saturated carbocycles. The largest absolute Gasteiger partial charge is 0.508 e. The highest BCUT2D eigenvalue weighted by Crippen LogP contribution is 2.25. The van der Waals surface area contributed by atoms with Gasteiger partial charge < -0.3 is 51.4 Å². The van der Waals surface area contributed by atoms with Gasteiger partial charge in [-0.2, -0.15) is 0 Å². The van der Waals surface area contributed by atoms with Crippen molar-refractivity contribution in [3.05, 3.63) is 102 Å². The van der Waals surface area contributed by atoms with Crippen LogP contribution in [0.3, 0.4) is 0 Å². The Balaban J connectivity index is 1.30. The van der Waals surface area contributed by atoms with Crippen LogP contribution in [0, 0.1) is 0 Å². The van der Waals surface area contributed by atoms with E-state index in [2.05, 4.69) is 20.9 Å². The molecule has 3 aromatic rings. The van der Waals surface area contributed by atoms with Crippen LogP contribution in [0.15, 0.2) is 89.9 Å². The number of carbonyl (C=O) groups excluding carboxylic acids is 4. The molecule has 1 aliphatic heterocycles. The van der Waals surface area contributed by atoms with E-state index in [4.69, 9.17) is 15.2 Å². The van der Waals surface area contributed by atoms with Crippen molar-refractivity contribution in [2.24, 2.45) is 10.7 Å². The molecule has 0 unspecified atom stereocenters. The Morgan fingerprint density at radius 1 is 0.811 bits per heavy atom. The third-order valence-corrected chi connectivity index (χ3v) is 8.42. The van der Waals surface area contributed by atoms with Crippen LogP contribution in [0.5, 0.6) is 5.75 Å². The molecule has 1 aliphatic rings. The lowest BCUT2D eigenvalue weighted by molar-refractivity contribution is -0.287. The molecule has 3 aromatic carbocycles. The van der Waals surface area contributed by atoms with E-state index in [0.29, 0.717) is 0 Å². The van der Waals surface area contributed by atoms with Crippen molar-refractivity contribution in [3.8, 4) is 5.75 Å². The van der Waals surface area contributed by atoms with Crippen molar-refractivity contribution in [3.63, 3.8) is 0 Å². The van der Waals surface area contributed by atoms with Gasteiger partial charge in [-0.25, -0.2) is 0 Å². The molecule has 0 aromatic heterocycles. The summed E-state index contributed by atoms with van der Waals surface area (Å²) in [5.74, 6) is -3.11. The summed E-state index contributed by atoms with van der Waals surface area (Å²) in [7, 11) is 0. The Morgan fingerprint density at radius 3 is 2.06 bits per heavy atom. The summed E-state index contributed by atoms with van der Waals surface area (Å²) < 4.78 is 9.90. The van der Waals surface area contributed by atoms with Crippen molar-refractivity contribution in [2.75, 3.05) is 13.2 Å². The van der Waals surface area contributed by atoms with Crippen molar-refractivity contribution in [1.82, 2.24) is 16.0 Å². The van der Waals surface area contributed by atoms with Crippen LogP contribution in [-0.2, 0) is 35.2 Å². The Hall–Kier alpha value is -5.39. The number of carbonyl (C=O) groups is 4. The number of nitrogens with two attached hydrogens (primary N) is 1. The van der Waals surface area contributed by atoms with Crippen molar-refractivity contribution in [1.29, 1.82) is 0 Å². The van der Waals surface area contributed by atoms with E-state index in [9.17, 15) is 44.7 Å². The fourth-order valence-corrected chi connectivity index (χ4v) is 5.51. The van der Waals surface area contributed by atoms with E-state index in [1.165, 1.54) is 12.1 Å². The number of esters is 1. The molecule has 1 fully saturated rings. The molecule has 1 heterocycles. The van der Waals surface area contributed by atoms with E-state index in [1.54, 1.807) is 12.1 Å². The molecule has 1 saturated heterocycles. The number of hydrogen-bond donors (Lipinski definition) is 9. The van der Waals surface area contributed by atoms with Gasteiger partial charge in [-0.1, -0.05) is 72.8 Å². The van der Waals surface area contributed by atoms with Crippen molar-refractivity contribution < 1.29 is 54.2 Å². The van der Waals surface area contributed by atoms with Gasteiger partial charge in [-0.3, -0.25) is 29.5 Å². The number of guanidine groups is 1. The SMILES string of the molecule is NC(=NCCC[C@@H](NC(=O)C(c1ccccc1)c1ccccc1)C(=O)NCc1ccc(O)cc1)NC(=O)CCC(=O)OC[C@H]1O[C@@H](O)[C@H](O)[C@@H](O)[C@H]1O. The molecule has 3 amide bonds. The first-order chi connectivity index (χ1) is 25.4. The average molecular weight is 736 g/mol. The number of aliphatic imine (C=N–C) groups is 1. The number of rotatable bonds is 16. The van der Waals surface area contributed by atoms with Gasteiger partial charge in [0.25, 0.3) is 0 Å². The monoisotopic (exact) mass is 735 g/mol. The molecule has 4 rings (SSSR count). The number of nitrogens with zero attached hydrogens (tertiary/aromatic N) is 1. The highest BCUT2D eigenvalue weighted by molar-refractivity contribution is 5.97. The van der Waals surface area contributed by atoms with Crippen LogP contribution in [0.25, 0.3) is 0 Å². The fourth-order valence-electron chi connectivity index (χ4n) is 5.51. The van der Waals surface area contributed by atoms with Crippen LogP contribution in [0.2, 0.25) is 0 Å². The van der Waals surface area contributed by atoms with Gasteiger partial charge in [0.15, 0.2) is 12.2 Å². The Bertz CT molecular complexity index is 1640. The summed E-state index contributed by atoms with van der Waals surface area (Å²) in [4.78, 5) is 55.8. The minimum Gasteiger partial charge on any atom is -0.508 e. The third-order valence-electron chi connectivity index (χ3n) is 8.42. The van der Waals surface area contributed by atoms with E-state index in [0.717, 1.165) is 16.7 Å². The number of aromatic hydroxyl groups is 1. The first-order valence-corrected chi connectivity index (χ1v) is 17.0. The number of nitrogens with one attached hydrogen (secondary N) is 3. The molecule has 0 spiro atoms. The minimum absolute atomic E-state index is 0.0860. The molecule has 0 bridgehead atoms. The van der Waals surface area contributed by atoms with Crippen LogP contribution in [0.1, 0.15) is 48.3 Å². The first-order valence-electron chi connectivity index (χ1n) is 17.0. The van der Waals surface area contributed by atoms with E-state index in [1.807, 2.05) is 60.7 Å². The molecular formula is C37H45N5O11. The number of benzene rings is 3. The fraction of sp³-hybridized carbons (Fsp3) is 0.378. The van der Waals surface area contributed by atoms with Crippen molar-refractivity contribution in [2.45, 2.75) is 74.9 Å². The summed E-state index contributed by atoms with van der Waals surface area (Å²) >= 11 is 0. The lowest BCUT2D eigenvalue weighted by Crippen LogP contribution is -2.58. The number of aliphatic hydroxyl groups is 4. The van der Waals surface area contributed by atoms with Gasteiger partial charge in [-0.15, -0.1) is 0 Å². The molecule has 6 atom stereocenters. The highest BCUT2D eigenvalue weighted by Gasteiger charge is 2.43. The van der Waals surface area contributed by atoms with Crippen LogP contribution >= 0.6 is 0 Å². The maximum absolute atomic E-state index is 13.8. The quantitative estimate of drug-likeness (QED) is 0.0396. The second-order valence-electron chi connectivity index (χ2n) is 12.4. The summed E-state index contributed by atoms with van der Waals surface area (Å²) in [5.41, 5.74) is 8.10. The molecule has 0 radical (unpaired) electrons. The summed E-state index contributed by atoms with van der Waals surface area (Å²) in [5, 5.41) is 56.5. The molecule has 0 aliphatic carbocycles. The maximum Gasteiger partial charge on any atom is 0.306 e. The zero-order valence-electron chi connectivity index (χ0n) is 28.8. The van der Waals surface area contributed by atoms with Gasteiger partial charge in [0.1, 0.15) is 42.8 Å². The number of phenolic OH excluding ortho intramolecular Hbond substituents is 1. The first kappa shape index (κ1) is 40.4. The van der Waals surface area contributed by atoms with Crippen molar-refractivity contribution >= 4 is 29.7 Å². The minimum atomic E-state index is -1.78. The molecule has 284 valence electrons. The number of ether oxygens (including phenoxy) is 2. The highest BCUT2D eigenvalue weighted by atomic mass is 16.6. The maximum atomic E-state index is 13.8. The molecule has 10 N–H and O–H groups in total. The topological polar surface area (TPSA) is 262 Å². The predicted molar refractivity (Wildman–Crippen MR) is 190 cm³/mol. The predicted octanol–water partition coefficient (Wildman–Crippen LogP) is -0.340. The zero-order chi connectivity index (χ0) is 38.3. The Kier molecular flexibility index (Phi) is 15.2. The number of hydrogen-bond acceptors (Lipinski definition) is 12. The molecule has 16 heteroatoms.